The van der Waals surface area contributed by atoms with Gasteiger partial charge in [-0.25, -0.2) is 4.98 Å². The first kappa shape index (κ1) is 14.8. The maximum atomic E-state index is 12.5. The molecule has 1 aromatic heterocycles. The molecule has 0 bridgehead atoms. The highest BCUT2D eigenvalue weighted by atomic mass is 35.5. The van der Waals surface area contributed by atoms with Gasteiger partial charge in [-0.3, -0.25) is 9.36 Å². The number of nitrogens with zero attached hydrogens (tertiary/aromatic N) is 2. The third-order valence-electron chi connectivity index (χ3n) is 3.68. The van der Waals surface area contributed by atoms with Crippen LogP contribution >= 0.6 is 11.6 Å². The summed E-state index contributed by atoms with van der Waals surface area (Å²) in [7, 11) is 0. The summed E-state index contributed by atoms with van der Waals surface area (Å²) < 4.78 is 1.43. The summed E-state index contributed by atoms with van der Waals surface area (Å²) in [5, 5.41) is 11.8. The SMILES string of the molecule is CC(O)(Cn1cnc2ccccc2c1=O)c1ccc(Cl)cc1. The summed E-state index contributed by atoms with van der Waals surface area (Å²) in [4.78, 5) is 16.7. The van der Waals surface area contributed by atoms with Crippen LogP contribution in [0.25, 0.3) is 10.9 Å². The summed E-state index contributed by atoms with van der Waals surface area (Å²) in [6.45, 7) is 1.78. The van der Waals surface area contributed by atoms with Gasteiger partial charge in [0.05, 0.1) is 23.8 Å². The van der Waals surface area contributed by atoms with Crippen molar-refractivity contribution in [2.75, 3.05) is 0 Å². The van der Waals surface area contributed by atoms with Gasteiger partial charge in [-0.2, -0.15) is 0 Å². The molecule has 0 radical (unpaired) electrons. The molecule has 5 heteroatoms. The fourth-order valence-electron chi connectivity index (χ4n) is 2.45. The summed E-state index contributed by atoms with van der Waals surface area (Å²) in [6, 6.07) is 14.1. The van der Waals surface area contributed by atoms with Crippen LogP contribution in [-0.2, 0) is 12.1 Å². The number of benzene rings is 2. The number of hydrogen-bond donors (Lipinski definition) is 1. The van der Waals surface area contributed by atoms with Gasteiger partial charge in [0.2, 0.25) is 0 Å². The quantitative estimate of drug-likeness (QED) is 0.808. The molecule has 2 aromatic carbocycles. The van der Waals surface area contributed by atoms with Gasteiger partial charge in [0.25, 0.3) is 5.56 Å². The molecule has 0 fully saturated rings. The molecule has 0 saturated heterocycles. The Labute approximate surface area is 132 Å². The summed E-state index contributed by atoms with van der Waals surface area (Å²) in [5.41, 5.74) is -0.0230. The van der Waals surface area contributed by atoms with Crippen LogP contribution < -0.4 is 5.56 Å². The number of rotatable bonds is 3. The molecule has 1 unspecified atom stereocenters. The number of aromatic nitrogens is 2. The second kappa shape index (κ2) is 5.55. The van der Waals surface area contributed by atoms with E-state index in [9.17, 15) is 9.90 Å². The first-order chi connectivity index (χ1) is 10.5. The van der Waals surface area contributed by atoms with Crippen molar-refractivity contribution in [3.8, 4) is 0 Å². The van der Waals surface area contributed by atoms with Gasteiger partial charge in [-0.15, -0.1) is 0 Å². The minimum absolute atomic E-state index is 0.116. The molecule has 1 atom stereocenters. The lowest BCUT2D eigenvalue weighted by atomic mass is 9.96. The zero-order chi connectivity index (χ0) is 15.7. The molecule has 1 N–H and O–H groups in total. The molecule has 0 aliphatic rings. The molecule has 0 aliphatic heterocycles. The number of aliphatic hydroxyl groups is 1. The highest BCUT2D eigenvalue weighted by Gasteiger charge is 2.24. The van der Waals surface area contributed by atoms with Crippen molar-refractivity contribution < 1.29 is 5.11 Å². The Bertz CT molecular complexity index is 870. The molecule has 0 aliphatic carbocycles. The number of para-hydroxylation sites is 1. The molecule has 22 heavy (non-hydrogen) atoms. The predicted octanol–water partition coefficient (Wildman–Crippen LogP) is 2.96. The van der Waals surface area contributed by atoms with Crippen LogP contribution in [-0.4, -0.2) is 14.7 Å². The van der Waals surface area contributed by atoms with Crippen molar-refractivity contribution in [1.82, 2.24) is 9.55 Å². The highest BCUT2D eigenvalue weighted by Crippen LogP contribution is 2.24. The van der Waals surface area contributed by atoms with Gasteiger partial charge in [0.15, 0.2) is 0 Å². The van der Waals surface area contributed by atoms with Crippen molar-refractivity contribution in [2.24, 2.45) is 0 Å². The minimum Gasteiger partial charge on any atom is -0.384 e. The average molecular weight is 315 g/mol. The van der Waals surface area contributed by atoms with Crippen LogP contribution in [0.2, 0.25) is 5.02 Å². The molecule has 1 heterocycles. The molecular formula is C17H15ClN2O2. The lowest BCUT2D eigenvalue weighted by Crippen LogP contribution is -2.33. The zero-order valence-corrected chi connectivity index (χ0v) is 12.8. The van der Waals surface area contributed by atoms with Gasteiger partial charge >= 0.3 is 0 Å². The molecule has 0 saturated carbocycles. The van der Waals surface area contributed by atoms with E-state index in [1.807, 2.05) is 6.07 Å². The van der Waals surface area contributed by atoms with Crippen molar-refractivity contribution >= 4 is 22.5 Å². The van der Waals surface area contributed by atoms with E-state index in [-0.39, 0.29) is 12.1 Å². The van der Waals surface area contributed by atoms with Crippen molar-refractivity contribution in [3.63, 3.8) is 0 Å². The standard InChI is InChI=1S/C17H15ClN2O2/c1-17(22,12-6-8-13(18)9-7-12)10-20-11-19-15-5-3-2-4-14(15)16(20)21/h2-9,11,22H,10H2,1H3. The normalized spacial score (nSPS) is 14.0. The zero-order valence-electron chi connectivity index (χ0n) is 12.0. The van der Waals surface area contributed by atoms with Crippen molar-refractivity contribution in [1.29, 1.82) is 0 Å². The van der Waals surface area contributed by atoms with E-state index in [4.69, 9.17) is 11.6 Å². The van der Waals surface area contributed by atoms with Crippen molar-refractivity contribution in [3.05, 3.63) is 75.8 Å². The van der Waals surface area contributed by atoms with Crippen LogP contribution in [0.15, 0.2) is 59.7 Å². The molecule has 4 nitrogen and oxygen atoms in total. The van der Waals surface area contributed by atoms with E-state index in [1.54, 1.807) is 49.4 Å². The van der Waals surface area contributed by atoms with Crippen molar-refractivity contribution in [2.45, 2.75) is 19.1 Å². The van der Waals surface area contributed by atoms with Gasteiger partial charge in [0.1, 0.15) is 5.60 Å². The fraction of sp³-hybridized carbons (Fsp3) is 0.176. The largest absolute Gasteiger partial charge is 0.384 e. The summed E-state index contributed by atoms with van der Waals surface area (Å²) in [5.74, 6) is 0. The van der Waals surface area contributed by atoms with Crippen LogP contribution in [0.4, 0.5) is 0 Å². The number of fused-ring (bicyclic) bond motifs is 1. The first-order valence-electron chi connectivity index (χ1n) is 6.90. The van der Waals surface area contributed by atoms with Crippen LogP contribution in [0.1, 0.15) is 12.5 Å². The molecule has 112 valence electrons. The second-order valence-electron chi connectivity index (χ2n) is 5.48. The monoisotopic (exact) mass is 314 g/mol. The fourth-order valence-corrected chi connectivity index (χ4v) is 2.58. The van der Waals surface area contributed by atoms with E-state index in [0.717, 1.165) is 0 Å². The Morgan fingerprint density at radius 1 is 1.18 bits per heavy atom. The third-order valence-corrected chi connectivity index (χ3v) is 3.93. The van der Waals surface area contributed by atoms with Gasteiger partial charge in [0, 0.05) is 5.02 Å². The topological polar surface area (TPSA) is 55.1 Å². The first-order valence-corrected chi connectivity index (χ1v) is 7.28. The van der Waals surface area contributed by atoms with E-state index in [2.05, 4.69) is 4.98 Å². The van der Waals surface area contributed by atoms with E-state index in [0.29, 0.717) is 21.5 Å². The van der Waals surface area contributed by atoms with Gasteiger partial charge in [-0.05, 0) is 36.8 Å². The Morgan fingerprint density at radius 2 is 1.86 bits per heavy atom. The van der Waals surface area contributed by atoms with Gasteiger partial charge in [-0.1, -0.05) is 35.9 Å². The van der Waals surface area contributed by atoms with Crippen LogP contribution in [0.3, 0.4) is 0 Å². The molecule has 3 aromatic rings. The maximum Gasteiger partial charge on any atom is 0.261 e. The summed E-state index contributed by atoms with van der Waals surface area (Å²) >= 11 is 5.87. The summed E-state index contributed by atoms with van der Waals surface area (Å²) in [6.07, 6.45) is 1.47. The number of hydrogen-bond acceptors (Lipinski definition) is 3. The Balaban J connectivity index is 2.00. The maximum absolute atomic E-state index is 12.5. The molecule has 0 amide bonds. The number of halogens is 1. The highest BCUT2D eigenvalue weighted by molar-refractivity contribution is 6.30. The Hall–Kier alpha value is -2.17. The van der Waals surface area contributed by atoms with Gasteiger partial charge < -0.3 is 5.11 Å². The average Bonchev–Trinajstić information content (AvgIpc) is 2.51. The van der Waals surface area contributed by atoms with E-state index in [1.165, 1.54) is 10.9 Å². The minimum atomic E-state index is -1.20. The van der Waals surface area contributed by atoms with Crippen LogP contribution in [0.5, 0.6) is 0 Å². The molecular weight excluding hydrogens is 300 g/mol. The smallest absolute Gasteiger partial charge is 0.261 e. The second-order valence-corrected chi connectivity index (χ2v) is 5.91. The van der Waals surface area contributed by atoms with E-state index >= 15 is 0 Å². The molecule has 3 rings (SSSR count). The Morgan fingerprint density at radius 3 is 2.59 bits per heavy atom. The van der Waals surface area contributed by atoms with Crippen LogP contribution in [0, 0.1) is 0 Å². The lowest BCUT2D eigenvalue weighted by Gasteiger charge is -2.24. The third kappa shape index (κ3) is 2.75. The molecule has 0 spiro atoms. The van der Waals surface area contributed by atoms with E-state index < -0.39 is 5.60 Å². The lowest BCUT2D eigenvalue weighted by molar-refractivity contribution is 0.0371. The predicted molar refractivity (Wildman–Crippen MR) is 87.0 cm³/mol. The Kier molecular flexibility index (Phi) is 3.72.